The van der Waals surface area contributed by atoms with Crippen molar-refractivity contribution >= 4 is 27.6 Å². The Labute approximate surface area is 151 Å². The third-order valence-electron chi connectivity index (χ3n) is 4.53. The van der Waals surface area contributed by atoms with Gasteiger partial charge in [0.25, 0.3) is 0 Å². The molecule has 4 heterocycles. The van der Waals surface area contributed by atoms with Crippen LogP contribution in [0.2, 0.25) is 0 Å². The molecule has 0 spiro atoms. The highest BCUT2D eigenvalue weighted by Crippen LogP contribution is 2.18. The van der Waals surface area contributed by atoms with E-state index in [1.807, 2.05) is 0 Å². The second-order valence-electron chi connectivity index (χ2n) is 6.41. The van der Waals surface area contributed by atoms with Gasteiger partial charge in [-0.05, 0) is 12.5 Å². The highest BCUT2D eigenvalue weighted by molar-refractivity contribution is 7.91. The minimum absolute atomic E-state index is 0.114. The van der Waals surface area contributed by atoms with Gasteiger partial charge in [0.15, 0.2) is 15.7 Å². The number of hydrogen-bond donors (Lipinski definition) is 1. The number of sulfone groups is 1. The normalized spacial score (nSPS) is 22.4. The Hall–Kier alpha value is -2.56. The molecular formula is C15H20N8O2S. The summed E-state index contributed by atoms with van der Waals surface area (Å²) >= 11 is 0. The topological polar surface area (TPSA) is 117 Å². The van der Waals surface area contributed by atoms with Crippen molar-refractivity contribution in [3.8, 4) is 0 Å². The second kappa shape index (κ2) is 6.98. The number of hydrogen-bond acceptors (Lipinski definition) is 10. The third kappa shape index (κ3) is 3.82. The molecule has 0 aliphatic carbocycles. The van der Waals surface area contributed by atoms with E-state index in [4.69, 9.17) is 0 Å². The van der Waals surface area contributed by atoms with Crippen LogP contribution < -0.4 is 15.1 Å². The molecule has 2 fully saturated rings. The van der Waals surface area contributed by atoms with E-state index >= 15 is 0 Å². The lowest BCUT2D eigenvalue weighted by molar-refractivity contribution is 0.602. The monoisotopic (exact) mass is 376 g/mol. The summed E-state index contributed by atoms with van der Waals surface area (Å²) in [5.41, 5.74) is 0. The molecule has 2 aromatic rings. The van der Waals surface area contributed by atoms with Crippen molar-refractivity contribution in [1.29, 1.82) is 0 Å². The summed E-state index contributed by atoms with van der Waals surface area (Å²) in [6.07, 6.45) is 5.60. The van der Waals surface area contributed by atoms with E-state index in [0.29, 0.717) is 18.2 Å². The lowest BCUT2D eigenvalue weighted by Gasteiger charge is -2.34. The predicted molar refractivity (Wildman–Crippen MR) is 97.0 cm³/mol. The molecule has 2 aromatic heterocycles. The van der Waals surface area contributed by atoms with Crippen molar-refractivity contribution in [2.24, 2.45) is 0 Å². The number of nitrogens with zero attached hydrogens (tertiary/aromatic N) is 7. The molecule has 1 N–H and O–H groups in total. The van der Waals surface area contributed by atoms with E-state index < -0.39 is 9.84 Å². The van der Waals surface area contributed by atoms with Crippen molar-refractivity contribution in [2.75, 3.05) is 52.8 Å². The standard InChI is InChI=1S/C15H20N8O2S/c24-26(25)9-2-12(11-26)19-13-10-18-21-15(20-13)23-7-5-22(6-8-23)14-16-3-1-4-17-14/h1,3-4,10,12H,2,5-9,11H2,(H,19,20,21). The van der Waals surface area contributed by atoms with Crippen molar-refractivity contribution in [3.63, 3.8) is 0 Å². The van der Waals surface area contributed by atoms with E-state index in [1.54, 1.807) is 18.5 Å². The molecule has 10 nitrogen and oxygen atoms in total. The van der Waals surface area contributed by atoms with Crippen LogP contribution in [0.25, 0.3) is 0 Å². The maximum Gasteiger partial charge on any atom is 0.247 e. The number of anilines is 3. The fraction of sp³-hybridized carbons (Fsp3) is 0.533. The van der Waals surface area contributed by atoms with E-state index in [9.17, 15) is 8.42 Å². The van der Waals surface area contributed by atoms with E-state index in [2.05, 4.69) is 40.3 Å². The highest BCUT2D eigenvalue weighted by atomic mass is 32.2. The number of aromatic nitrogens is 5. The molecule has 2 saturated heterocycles. The summed E-state index contributed by atoms with van der Waals surface area (Å²) in [5, 5.41) is 11.3. The van der Waals surface area contributed by atoms with E-state index in [1.165, 1.54) is 6.20 Å². The minimum Gasteiger partial charge on any atom is -0.365 e. The highest BCUT2D eigenvalue weighted by Gasteiger charge is 2.28. The smallest absolute Gasteiger partial charge is 0.247 e. The van der Waals surface area contributed by atoms with Crippen LogP contribution >= 0.6 is 0 Å². The average Bonchev–Trinajstić information content (AvgIpc) is 3.01. The summed E-state index contributed by atoms with van der Waals surface area (Å²) in [6.45, 7) is 3.01. The first-order valence-corrected chi connectivity index (χ1v) is 10.3. The lowest BCUT2D eigenvalue weighted by atomic mass is 10.3. The average molecular weight is 376 g/mol. The van der Waals surface area contributed by atoms with Gasteiger partial charge in [-0.25, -0.2) is 18.4 Å². The third-order valence-corrected chi connectivity index (χ3v) is 6.30. The minimum atomic E-state index is -2.93. The summed E-state index contributed by atoms with van der Waals surface area (Å²) < 4.78 is 23.2. The molecule has 0 bridgehead atoms. The van der Waals surface area contributed by atoms with Crippen LogP contribution in [0, 0.1) is 0 Å². The predicted octanol–water partition coefficient (Wildman–Crippen LogP) is -0.413. The van der Waals surface area contributed by atoms with Gasteiger partial charge in [-0.1, -0.05) is 0 Å². The zero-order chi connectivity index (χ0) is 18.0. The summed E-state index contributed by atoms with van der Waals surface area (Å²) in [4.78, 5) is 17.2. The number of nitrogens with one attached hydrogen (secondary N) is 1. The summed E-state index contributed by atoms with van der Waals surface area (Å²) in [6, 6.07) is 1.68. The summed E-state index contributed by atoms with van der Waals surface area (Å²) in [7, 11) is -2.93. The molecule has 1 atom stereocenters. The Morgan fingerprint density at radius 1 is 1.04 bits per heavy atom. The van der Waals surface area contributed by atoms with Gasteiger partial charge in [-0.3, -0.25) is 0 Å². The van der Waals surface area contributed by atoms with Crippen molar-refractivity contribution in [2.45, 2.75) is 12.5 Å². The van der Waals surface area contributed by atoms with Gasteiger partial charge in [0.05, 0.1) is 17.7 Å². The SMILES string of the molecule is O=S1(=O)CCC(Nc2cnnc(N3CCN(c4ncccn4)CC3)n2)C1. The number of piperazine rings is 1. The molecular weight excluding hydrogens is 356 g/mol. The van der Waals surface area contributed by atoms with E-state index in [0.717, 1.165) is 32.1 Å². The number of rotatable bonds is 4. The summed E-state index contributed by atoms with van der Waals surface area (Å²) in [5.74, 6) is 2.20. The Balaban J connectivity index is 1.38. The van der Waals surface area contributed by atoms with Crippen molar-refractivity contribution in [1.82, 2.24) is 25.1 Å². The van der Waals surface area contributed by atoms with Crippen LogP contribution in [0.15, 0.2) is 24.7 Å². The quantitative estimate of drug-likeness (QED) is 0.754. The second-order valence-corrected chi connectivity index (χ2v) is 8.64. The zero-order valence-corrected chi connectivity index (χ0v) is 15.0. The van der Waals surface area contributed by atoms with Crippen molar-refractivity contribution < 1.29 is 8.42 Å². The first-order chi connectivity index (χ1) is 12.6. The van der Waals surface area contributed by atoms with Crippen LogP contribution in [-0.4, -0.2) is 77.3 Å². The maximum absolute atomic E-state index is 11.6. The molecule has 4 rings (SSSR count). The van der Waals surface area contributed by atoms with Gasteiger partial charge < -0.3 is 15.1 Å². The molecule has 1 unspecified atom stereocenters. The molecule has 26 heavy (non-hydrogen) atoms. The van der Waals surface area contributed by atoms with Gasteiger partial charge in [0.1, 0.15) is 0 Å². The largest absolute Gasteiger partial charge is 0.365 e. The molecule has 138 valence electrons. The Bertz CT molecular complexity index is 855. The first kappa shape index (κ1) is 16.9. The van der Waals surface area contributed by atoms with E-state index in [-0.39, 0.29) is 17.5 Å². The fourth-order valence-electron chi connectivity index (χ4n) is 3.18. The Kier molecular flexibility index (Phi) is 4.53. The first-order valence-electron chi connectivity index (χ1n) is 8.53. The molecule has 2 aliphatic rings. The Morgan fingerprint density at radius 3 is 2.38 bits per heavy atom. The molecule has 0 amide bonds. The van der Waals surface area contributed by atoms with Crippen LogP contribution in [0.1, 0.15) is 6.42 Å². The molecule has 2 aliphatic heterocycles. The van der Waals surface area contributed by atoms with Gasteiger partial charge >= 0.3 is 0 Å². The van der Waals surface area contributed by atoms with Crippen LogP contribution in [0.4, 0.5) is 17.7 Å². The lowest BCUT2D eigenvalue weighted by Crippen LogP contribution is -2.47. The van der Waals surface area contributed by atoms with Crippen LogP contribution in [0.3, 0.4) is 0 Å². The zero-order valence-electron chi connectivity index (χ0n) is 14.2. The van der Waals surface area contributed by atoms with Crippen LogP contribution in [-0.2, 0) is 9.84 Å². The van der Waals surface area contributed by atoms with Crippen LogP contribution in [0.5, 0.6) is 0 Å². The van der Waals surface area contributed by atoms with Gasteiger partial charge in [0.2, 0.25) is 11.9 Å². The molecule has 0 saturated carbocycles. The van der Waals surface area contributed by atoms with Gasteiger partial charge in [-0.2, -0.15) is 10.1 Å². The maximum atomic E-state index is 11.6. The van der Waals surface area contributed by atoms with Crippen molar-refractivity contribution in [3.05, 3.63) is 24.7 Å². The van der Waals surface area contributed by atoms with Gasteiger partial charge in [0, 0.05) is 44.6 Å². The Morgan fingerprint density at radius 2 is 1.73 bits per heavy atom. The molecule has 0 radical (unpaired) electrons. The molecule has 0 aromatic carbocycles. The fourth-order valence-corrected chi connectivity index (χ4v) is 4.85. The molecule has 11 heteroatoms. The van der Waals surface area contributed by atoms with Gasteiger partial charge in [-0.15, -0.1) is 5.10 Å².